The number of aryl methyl sites for hydroxylation is 2. The Kier molecular flexibility index (Phi) is 5.05. The molecule has 0 N–H and O–H groups in total. The van der Waals surface area contributed by atoms with Crippen molar-refractivity contribution in [2.75, 3.05) is 13.7 Å². The fraction of sp³-hybridized carbons (Fsp3) is 0.286. The summed E-state index contributed by atoms with van der Waals surface area (Å²) in [6.45, 7) is 1.98. The molecule has 4 aromatic rings. The summed E-state index contributed by atoms with van der Waals surface area (Å²) in [6.07, 6.45) is 1.45. The minimum Gasteiger partial charge on any atom is -0.497 e. The second-order valence-electron chi connectivity index (χ2n) is 7.13. The fourth-order valence-corrected chi connectivity index (χ4v) is 3.46. The van der Waals surface area contributed by atoms with Crippen LogP contribution in [0.3, 0.4) is 0 Å². The second kappa shape index (κ2) is 7.71. The van der Waals surface area contributed by atoms with Gasteiger partial charge in [0.2, 0.25) is 0 Å². The molecule has 3 heterocycles. The first-order valence-electron chi connectivity index (χ1n) is 9.55. The summed E-state index contributed by atoms with van der Waals surface area (Å²) in [6, 6.07) is 7.16. The number of hydrogen-bond donors (Lipinski definition) is 0. The minimum absolute atomic E-state index is 0.0242. The van der Waals surface area contributed by atoms with Crippen LogP contribution in [0.4, 0.5) is 0 Å². The van der Waals surface area contributed by atoms with E-state index in [9.17, 15) is 14.4 Å². The molecule has 0 spiro atoms. The molecular formula is C21H21N5O5. The number of esters is 1. The van der Waals surface area contributed by atoms with Gasteiger partial charge in [0.15, 0.2) is 11.2 Å². The van der Waals surface area contributed by atoms with Gasteiger partial charge in [0.1, 0.15) is 12.4 Å². The van der Waals surface area contributed by atoms with E-state index in [4.69, 9.17) is 9.47 Å². The topological polar surface area (TPSA) is 110 Å². The molecule has 0 saturated carbocycles. The number of aromatic nitrogens is 5. The third-order valence-corrected chi connectivity index (χ3v) is 5.22. The van der Waals surface area contributed by atoms with Crippen molar-refractivity contribution >= 4 is 28.0 Å². The highest BCUT2D eigenvalue weighted by Gasteiger charge is 2.16. The maximum absolute atomic E-state index is 12.6. The Morgan fingerprint density at radius 3 is 2.65 bits per heavy atom. The maximum Gasteiger partial charge on any atom is 0.340 e. The van der Waals surface area contributed by atoms with Crippen molar-refractivity contribution in [1.82, 2.24) is 23.7 Å². The van der Waals surface area contributed by atoms with E-state index >= 15 is 0 Å². The molecule has 0 unspecified atom stereocenters. The van der Waals surface area contributed by atoms with Crippen LogP contribution in [0, 0.1) is 6.92 Å². The zero-order chi connectivity index (χ0) is 22.3. The van der Waals surface area contributed by atoms with Crippen molar-refractivity contribution in [3.63, 3.8) is 0 Å². The molecule has 4 rings (SSSR count). The van der Waals surface area contributed by atoms with Gasteiger partial charge >= 0.3 is 11.7 Å². The van der Waals surface area contributed by atoms with Gasteiger partial charge in [-0.05, 0) is 25.1 Å². The number of imidazole rings is 1. The Morgan fingerprint density at radius 1 is 1.13 bits per heavy atom. The standard InChI is InChI=1S/C21H21N5O5/c1-12-15(9-13-5-6-14(30-4)10-16(13)23-12)20(28)31-8-7-26-11-22-18-17(26)19(27)25(3)21(29)24(18)2/h5-6,9-11H,7-8H2,1-4H3. The van der Waals surface area contributed by atoms with E-state index in [1.165, 1.54) is 17.9 Å². The summed E-state index contributed by atoms with van der Waals surface area (Å²) < 4.78 is 14.5. The molecule has 10 nitrogen and oxygen atoms in total. The molecule has 160 valence electrons. The van der Waals surface area contributed by atoms with Crippen molar-refractivity contribution in [1.29, 1.82) is 0 Å². The molecule has 0 fully saturated rings. The first kappa shape index (κ1) is 20.3. The average Bonchev–Trinajstić information content (AvgIpc) is 3.19. The number of benzene rings is 1. The van der Waals surface area contributed by atoms with Crippen LogP contribution in [0.2, 0.25) is 0 Å². The summed E-state index contributed by atoms with van der Waals surface area (Å²) in [5.41, 5.74) is 1.29. The molecule has 0 saturated heterocycles. The SMILES string of the molecule is COc1ccc2cc(C(=O)OCCn3cnc4c3c(=O)n(C)c(=O)n4C)c(C)nc2c1. The number of fused-ring (bicyclic) bond motifs is 2. The lowest BCUT2D eigenvalue weighted by molar-refractivity contribution is 0.0491. The number of nitrogens with zero attached hydrogens (tertiary/aromatic N) is 5. The van der Waals surface area contributed by atoms with Gasteiger partial charge in [0, 0.05) is 25.5 Å². The van der Waals surface area contributed by atoms with Gasteiger partial charge in [0.25, 0.3) is 5.56 Å². The number of pyridine rings is 1. The Bertz CT molecular complexity index is 1450. The summed E-state index contributed by atoms with van der Waals surface area (Å²) in [5, 5.41) is 0.795. The molecule has 1 aromatic carbocycles. The van der Waals surface area contributed by atoms with Gasteiger partial charge in [-0.25, -0.2) is 14.6 Å². The van der Waals surface area contributed by atoms with E-state index in [1.807, 2.05) is 6.07 Å². The van der Waals surface area contributed by atoms with Crippen LogP contribution in [0.1, 0.15) is 16.1 Å². The van der Waals surface area contributed by atoms with Crippen LogP contribution in [0.5, 0.6) is 5.75 Å². The minimum atomic E-state index is -0.507. The molecule has 0 amide bonds. The zero-order valence-electron chi connectivity index (χ0n) is 17.6. The number of carbonyl (C=O) groups is 1. The molecule has 3 aromatic heterocycles. The first-order chi connectivity index (χ1) is 14.8. The van der Waals surface area contributed by atoms with Crippen molar-refractivity contribution < 1.29 is 14.3 Å². The van der Waals surface area contributed by atoms with E-state index in [2.05, 4.69) is 9.97 Å². The Morgan fingerprint density at radius 2 is 1.90 bits per heavy atom. The number of methoxy groups -OCH3 is 1. The van der Waals surface area contributed by atoms with Gasteiger partial charge in [0.05, 0.1) is 36.8 Å². The summed E-state index contributed by atoms with van der Waals surface area (Å²) >= 11 is 0. The largest absolute Gasteiger partial charge is 0.497 e. The molecule has 31 heavy (non-hydrogen) atoms. The van der Waals surface area contributed by atoms with E-state index in [-0.39, 0.29) is 24.3 Å². The quantitative estimate of drug-likeness (QED) is 0.443. The lowest BCUT2D eigenvalue weighted by Crippen LogP contribution is -2.37. The normalized spacial score (nSPS) is 11.2. The van der Waals surface area contributed by atoms with Crippen LogP contribution >= 0.6 is 0 Å². The van der Waals surface area contributed by atoms with Crippen molar-refractivity contribution in [2.24, 2.45) is 14.1 Å². The van der Waals surface area contributed by atoms with Crippen molar-refractivity contribution in [3.8, 4) is 5.75 Å². The van der Waals surface area contributed by atoms with Gasteiger partial charge in [-0.15, -0.1) is 0 Å². The monoisotopic (exact) mass is 423 g/mol. The highest BCUT2D eigenvalue weighted by atomic mass is 16.5. The molecule has 0 aliphatic carbocycles. The molecule has 0 aliphatic heterocycles. The summed E-state index contributed by atoms with van der Waals surface area (Å²) in [5.74, 6) is 0.179. The lowest BCUT2D eigenvalue weighted by Gasteiger charge is -2.10. The number of carbonyl (C=O) groups excluding carboxylic acids is 1. The average molecular weight is 423 g/mol. The van der Waals surface area contributed by atoms with Crippen LogP contribution in [0.25, 0.3) is 22.1 Å². The van der Waals surface area contributed by atoms with Crippen LogP contribution in [-0.2, 0) is 25.4 Å². The van der Waals surface area contributed by atoms with E-state index in [0.717, 1.165) is 15.5 Å². The van der Waals surface area contributed by atoms with Gasteiger partial charge in [-0.3, -0.25) is 18.9 Å². The third kappa shape index (κ3) is 3.45. The lowest BCUT2D eigenvalue weighted by atomic mass is 10.1. The van der Waals surface area contributed by atoms with Crippen LogP contribution in [-0.4, -0.2) is 43.4 Å². The zero-order valence-corrected chi connectivity index (χ0v) is 17.6. The van der Waals surface area contributed by atoms with Crippen LogP contribution < -0.4 is 16.0 Å². The molecule has 0 atom stereocenters. The molecule has 0 bridgehead atoms. The summed E-state index contributed by atoms with van der Waals surface area (Å²) in [7, 11) is 4.54. The molecule has 10 heteroatoms. The van der Waals surface area contributed by atoms with E-state index < -0.39 is 17.2 Å². The van der Waals surface area contributed by atoms with Gasteiger partial charge in [-0.2, -0.15) is 0 Å². The summed E-state index contributed by atoms with van der Waals surface area (Å²) in [4.78, 5) is 45.8. The maximum atomic E-state index is 12.6. The van der Waals surface area contributed by atoms with Crippen molar-refractivity contribution in [2.45, 2.75) is 13.5 Å². The van der Waals surface area contributed by atoms with Crippen molar-refractivity contribution in [3.05, 3.63) is 62.7 Å². The molecular weight excluding hydrogens is 402 g/mol. The highest BCUT2D eigenvalue weighted by molar-refractivity contribution is 5.95. The van der Waals surface area contributed by atoms with E-state index in [0.29, 0.717) is 17.0 Å². The predicted octanol–water partition coefficient (Wildman–Crippen LogP) is 1.16. The van der Waals surface area contributed by atoms with Crippen LogP contribution in [0.15, 0.2) is 40.2 Å². The van der Waals surface area contributed by atoms with Gasteiger partial charge in [-0.1, -0.05) is 0 Å². The molecule has 0 radical (unpaired) electrons. The third-order valence-electron chi connectivity index (χ3n) is 5.22. The predicted molar refractivity (Wildman–Crippen MR) is 114 cm³/mol. The number of ether oxygens (including phenoxy) is 2. The second-order valence-corrected chi connectivity index (χ2v) is 7.13. The highest BCUT2D eigenvalue weighted by Crippen LogP contribution is 2.22. The Hall–Kier alpha value is -3.95. The van der Waals surface area contributed by atoms with Gasteiger partial charge < -0.3 is 14.0 Å². The number of hydrogen-bond acceptors (Lipinski definition) is 7. The Labute approximate surface area is 176 Å². The smallest absolute Gasteiger partial charge is 0.340 e. The van der Waals surface area contributed by atoms with E-state index in [1.54, 1.807) is 43.8 Å². The molecule has 0 aliphatic rings. The first-order valence-corrected chi connectivity index (χ1v) is 9.55. The Balaban J connectivity index is 1.54. The number of rotatable bonds is 5. The fourth-order valence-electron chi connectivity index (χ4n) is 3.46.